The Kier molecular flexibility index (Phi) is 8.55. The number of aliphatic hydroxyl groups is 4. The van der Waals surface area contributed by atoms with Gasteiger partial charge in [0.05, 0.1) is 12.2 Å². The van der Waals surface area contributed by atoms with Crippen molar-refractivity contribution in [2.24, 2.45) is 0 Å². The van der Waals surface area contributed by atoms with E-state index in [4.69, 9.17) is 18.9 Å². The number of ether oxygens (including phenoxy) is 4. The zero-order valence-corrected chi connectivity index (χ0v) is 20.2. The molecule has 11 heteroatoms. The number of carbonyl (C=O) groups excluding carboxylic acids is 3. The van der Waals surface area contributed by atoms with E-state index in [0.29, 0.717) is 12.0 Å². The molecule has 1 fully saturated rings. The van der Waals surface area contributed by atoms with Gasteiger partial charge in [-0.25, -0.2) is 9.59 Å². The molecule has 0 aromatic heterocycles. The SMILES string of the molecule is O=C(O[C@H]1[C@@H](Oc2ccccc2COC(=O)[C@]2(O)C=CCCC2=O)O[C@H](CO)[C@@H](O)[C@@H]1O)c1ccccc1. The molecule has 38 heavy (non-hydrogen) atoms. The van der Waals surface area contributed by atoms with Crippen LogP contribution in [0, 0.1) is 0 Å². The summed E-state index contributed by atoms with van der Waals surface area (Å²) in [5.74, 6) is -2.52. The maximum absolute atomic E-state index is 12.7. The largest absolute Gasteiger partial charge is 0.460 e. The van der Waals surface area contributed by atoms with Gasteiger partial charge in [0.15, 0.2) is 11.9 Å². The molecule has 0 bridgehead atoms. The fourth-order valence-corrected chi connectivity index (χ4v) is 4.09. The number of benzene rings is 2. The predicted molar refractivity (Wildman–Crippen MR) is 129 cm³/mol. The van der Waals surface area contributed by atoms with Gasteiger partial charge in [-0.15, -0.1) is 0 Å². The number of ketones is 1. The quantitative estimate of drug-likeness (QED) is 0.213. The Labute approximate surface area is 217 Å². The lowest BCUT2D eigenvalue weighted by Crippen LogP contribution is -2.61. The first-order chi connectivity index (χ1) is 18.2. The van der Waals surface area contributed by atoms with Crippen molar-refractivity contribution in [3.63, 3.8) is 0 Å². The molecule has 1 aliphatic heterocycles. The van der Waals surface area contributed by atoms with Crippen LogP contribution in [0.15, 0.2) is 66.7 Å². The molecule has 11 nitrogen and oxygen atoms in total. The molecule has 0 saturated carbocycles. The molecule has 6 atom stereocenters. The lowest BCUT2D eigenvalue weighted by Gasteiger charge is -2.41. The molecule has 1 heterocycles. The van der Waals surface area contributed by atoms with Gasteiger partial charge in [0.2, 0.25) is 11.9 Å². The molecule has 1 saturated heterocycles. The standard InChI is InChI=1S/C27H28O11/c28-14-19-21(30)22(31)23(38-24(32)16-8-2-1-3-9-16)25(37-19)36-18-11-5-4-10-17(18)15-35-26(33)27(34)13-7-6-12-20(27)29/h1-5,7-11,13,19,21-23,25,28,30-31,34H,6,12,14-15H2/t19-,21-,22+,23-,25+,27+/m1/s1. The lowest BCUT2D eigenvalue weighted by molar-refractivity contribution is -0.276. The first kappa shape index (κ1) is 27.4. The Hall–Kier alpha value is -3.61. The number of hydrogen-bond donors (Lipinski definition) is 4. The Morgan fingerprint density at radius 3 is 2.45 bits per heavy atom. The third kappa shape index (κ3) is 5.77. The van der Waals surface area contributed by atoms with E-state index in [2.05, 4.69) is 0 Å². The lowest BCUT2D eigenvalue weighted by atomic mass is 9.90. The Morgan fingerprint density at radius 2 is 1.74 bits per heavy atom. The predicted octanol–water partition coefficient (Wildman–Crippen LogP) is 0.423. The second-order valence-electron chi connectivity index (χ2n) is 8.87. The second kappa shape index (κ2) is 11.8. The minimum Gasteiger partial charge on any atom is -0.460 e. The van der Waals surface area contributed by atoms with Gasteiger partial charge in [0, 0.05) is 12.0 Å². The third-order valence-electron chi connectivity index (χ3n) is 6.29. The van der Waals surface area contributed by atoms with Crippen LogP contribution in [0.25, 0.3) is 0 Å². The van der Waals surface area contributed by atoms with Crippen LogP contribution >= 0.6 is 0 Å². The first-order valence-corrected chi connectivity index (χ1v) is 12.0. The van der Waals surface area contributed by atoms with E-state index in [1.807, 2.05) is 0 Å². The van der Waals surface area contributed by atoms with Crippen molar-refractivity contribution >= 4 is 17.7 Å². The molecule has 0 radical (unpaired) electrons. The van der Waals surface area contributed by atoms with Gasteiger partial charge in [-0.05, 0) is 30.7 Å². The van der Waals surface area contributed by atoms with E-state index >= 15 is 0 Å². The van der Waals surface area contributed by atoms with Crippen LogP contribution in [0.4, 0.5) is 0 Å². The summed E-state index contributed by atoms with van der Waals surface area (Å²) in [5, 5.41) is 41.1. The zero-order valence-electron chi connectivity index (χ0n) is 20.2. The van der Waals surface area contributed by atoms with E-state index in [1.54, 1.807) is 36.4 Å². The molecule has 202 valence electrons. The van der Waals surface area contributed by atoms with E-state index in [0.717, 1.165) is 6.08 Å². The second-order valence-corrected chi connectivity index (χ2v) is 8.87. The van der Waals surface area contributed by atoms with Crippen molar-refractivity contribution in [1.82, 2.24) is 0 Å². The highest BCUT2D eigenvalue weighted by molar-refractivity contribution is 6.09. The monoisotopic (exact) mass is 528 g/mol. The number of carbonyl (C=O) groups is 3. The molecule has 0 amide bonds. The number of aliphatic hydroxyl groups excluding tert-OH is 3. The summed E-state index contributed by atoms with van der Waals surface area (Å²) in [7, 11) is 0. The molecular formula is C27H28O11. The highest BCUT2D eigenvalue weighted by Gasteiger charge is 2.48. The average molecular weight is 529 g/mol. The highest BCUT2D eigenvalue weighted by atomic mass is 16.7. The maximum atomic E-state index is 12.7. The summed E-state index contributed by atoms with van der Waals surface area (Å²) in [4.78, 5) is 37.3. The molecule has 1 aliphatic carbocycles. The summed E-state index contributed by atoms with van der Waals surface area (Å²) >= 11 is 0. The number of rotatable bonds is 8. The van der Waals surface area contributed by atoms with Crippen LogP contribution in [0.3, 0.4) is 0 Å². The minimum absolute atomic E-state index is 0.00408. The van der Waals surface area contributed by atoms with Gasteiger partial charge in [0.25, 0.3) is 0 Å². The zero-order chi connectivity index (χ0) is 27.3. The molecule has 0 spiro atoms. The maximum Gasteiger partial charge on any atom is 0.350 e. The minimum atomic E-state index is -2.37. The Morgan fingerprint density at radius 1 is 1.03 bits per heavy atom. The van der Waals surface area contributed by atoms with Crippen LogP contribution in [-0.4, -0.2) is 81.1 Å². The molecule has 2 aromatic carbocycles. The van der Waals surface area contributed by atoms with Gasteiger partial charge in [-0.2, -0.15) is 0 Å². The smallest absolute Gasteiger partial charge is 0.350 e. The number of Topliss-reactive ketones (excluding diaryl/α,β-unsaturated/α-hetero) is 1. The Balaban J connectivity index is 1.52. The van der Waals surface area contributed by atoms with E-state index in [1.165, 1.54) is 24.3 Å². The van der Waals surface area contributed by atoms with Gasteiger partial charge in [0.1, 0.15) is 30.7 Å². The molecule has 4 rings (SSSR count). The van der Waals surface area contributed by atoms with Gasteiger partial charge in [-0.3, -0.25) is 4.79 Å². The molecule has 2 aliphatic rings. The summed E-state index contributed by atoms with van der Waals surface area (Å²) in [6, 6.07) is 14.2. The first-order valence-electron chi connectivity index (χ1n) is 12.0. The van der Waals surface area contributed by atoms with Crippen molar-refractivity contribution in [1.29, 1.82) is 0 Å². The van der Waals surface area contributed by atoms with Crippen molar-refractivity contribution in [3.05, 3.63) is 77.9 Å². The fraction of sp³-hybridized carbons (Fsp3) is 0.370. The number of allylic oxidation sites excluding steroid dienone is 1. The van der Waals surface area contributed by atoms with Gasteiger partial charge < -0.3 is 39.4 Å². The van der Waals surface area contributed by atoms with Crippen LogP contribution in [0.2, 0.25) is 0 Å². The average Bonchev–Trinajstić information content (AvgIpc) is 2.93. The van der Waals surface area contributed by atoms with Crippen molar-refractivity contribution in [3.8, 4) is 5.75 Å². The van der Waals surface area contributed by atoms with Crippen molar-refractivity contribution < 1.29 is 53.8 Å². The van der Waals surface area contributed by atoms with Gasteiger partial charge >= 0.3 is 11.9 Å². The topological polar surface area (TPSA) is 169 Å². The van der Waals surface area contributed by atoms with E-state index < -0.39 is 67.2 Å². The number of esters is 2. The fourth-order valence-electron chi connectivity index (χ4n) is 4.09. The molecule has 2 aromatic rings. The summed E-state index contributed by atoms with van der Waals surface area (Å²) < 4.78 is 22.2. The number of para-hydroxylation sites is 1. The normalized spacial score (nSPS) is 28.9. The summed E-state index contributed by atoms with van der Waals surface area (Å²) in [6.45, 7) is -1.05. The van der Waals surface area contributed by atoms with E-state index in [9.17, 15) is 34.8 Å². The van der Waals surface area contributed by atoms with Crippen molar-refractivity contribution in [2.75, 3.05) is 6.61 Å². The summed E-state index contributed by atoms with van der Waals surface area (Å²) in [5.41, 5.74) is -1.88. The molecule has 4 N–H and O–H groups in total. The molecular weight excluding hydrogens is 500 g/mol. The van der Waals surface area contributed by atoms with Crippen LogP contribution in [0.1, 0.15) is 28.8 Å². The third-order valence-corrected chi connectivity index (χ3v) is 6.29. The van der Waals surface area contributed by atoms with Gasteiger partial charge in [-0.1, -0.05) is 42.5 Å². The van der Waals surface area contributed by atoms with Crippen LogP contribution in [0.5, 0.6) is 5.75 Å². The van der Waals surface area contributed by atoms with Crippen molar-refractivity contribution in [2.45, 2.75) is 55.8 Å². The van der Waals surface area contributed by atoms with E-state index in [-0.39, 0.29) is 17.7 Å². The summed E-state index contributed by atoms with van der Waals surface area (Å²) in [6.07, 6.45) is -4.41. The Bertz CT molecular complexity index is 1180. The molecule has 0 unspecified atom stereocenters. The highest BCUT2D eigenvalue weighted by Crippen LogP contribution is 2.30. The number of hydrogen-bond acceptors (Lipinski definition) is 11. The van der Waals surface area contributed by atoms with Crippen LogP contribution < -0.4 is 4.74 Å². The van der Waals surface area contributed by atoms with Crippen LogP contribution in [-0.2, 0) is 30.4 Å².